The van der Waals surface area contributed by atoms with Gasteiger partial charge < -0.3 is 9.84 Å². The molecule has 0 radical (unpaired) electrons. The van der Waals surface area contributed by atoms with Crippen molar-refractivity contribution in [3.63, 3.8) is 0 Å². The van der Waals surface area contributed by atoms with Crippen LogP contribution in [-0.2, 0) is 0 Å². The Bertz CT molecular complexity index is 581. The highest BCUT2D eigenvalue weighted by Gasteiger charge is 2.21. The van der Waals surface area contributed by atoms with E-state index in [2.05, 4.69) is 54.0 Å². The fourth-order valence-corrected chi connectivity index (χ4v) is 3.16. The van der Waals surface area contributed by atoms with E-state index in [9.17, 15) is 0 Å². The van der Waals surface area contributed by atoms with Gasteiger partial charge in [0.1, 0.15) is 0 Å². The molecule has 2 heterocycles. The fourth-order valence-electron chi connectivity index (χ4n) is 2.25. The molecule has 1 aliphatic heterocycles. The molecule has 1 N–H and O–H groups in total. The van der Waals surface area contributed by atoms with Crippen LogP contribution in [-0.4, -0.2) is 23.2 Å². The van der Waals surface area contributed by atoms with Crippen LogP contribution in [0, 0.1) is 3.57 Å². The lowest BCUT2D eigenvalue weighted by molar-refractivity contribution is 0.392. The molecule has 1 aromatic heterocycles. The Morgan fingerprint density at radius 3 is 2.89 bits per heavy atom. The molecule has 3 rings (SSSR count). The zero-order valence-electron chi connectivity index (χ0n) is 10.2. The van der Waals surface area contributed by atoms with Gasteiger partial charge in [0.2, 0.25) is 0 Å². The standard InChI is InChI=1S/C13H13BrIN3O/c14-11-2-1-9(15)7-10(11)13-17-12(18-19-13)8-3-5-16-6-4-8/h1-2,7-8,16H,3-6H2. The van der Waals surface area contributed by atoms with E-state index in [-0.39, 0.29) is 0 Å². The molecule has 1 saturated heterocycles. The molecule has 0 bridgehead atoms. The molecular weight excluding hydrogens is 421 g/mol. The van der Waals surface area contributed by atoms with E-state index in [1.807, 2.05) is 18.2 Å². The maximum Gasteiger partial charge on any atom is 0.259 e. The summed E-state index contributed by atoms with van der Waals surface area (Å²) in [7, 11) is 0. The van der Waals surface area contributed by atoms with Gasteiger partial charge in [-0.05, 0) is 82.7 Å². The largest absolute Gasteiger partial charge is 0.334 e. The van der Waals surface area contributed by atoms with Gasteiger partial charge in [-0.15, -0.1) is 0 Å². The summed E-state index contributed by atoms with van der Waals surface area (Å²) in [6, 6.07) is 6.09. The number of piperidine rings is 1. The predicted molar refractivity (Wildman–Crippen MR) is 85.0 cm³/mol. The average Bonchev–Trinajstić information content (AvgIpc) is 2.92. The van der Waals surface area contributed by atoms with Gasteiger partial charge in [0.05, 0.1) is 5.56 Å². The third-order valence-corrected chi connectivity index (χ3v) is 4.67. The minimum absolute atomic E-state index is 0.417. The van der Waals surface area contributed by atoms with Gasteiger partial charge in [0, 0.05) is 14.0 Å². The molecule has 1 fully saturated rings. The van der Waals surface area contributed by atoms with Crippen LogP contribution in [0.25, 0.3) is 11.5 Å². The van der Waals surface area contributed by atoms with Crippen molar-refractivity contribution in [1.82, 2.24) is 15.5 Å². The Morgan fingerprint density at radius 1 is 1.32 bits per heavy atom. The van der Waals surface area contributed by atoms with Crippen LogP contribution in [0.4, 0.5) is 0 Å². The number of nitrogens with zero attached hydrogens (tertiary/aromatic N) is 2. The molecule has 0 aliphatic carbocycles. The summed E-state index contributed by atoms with van der Waals surface area (Å²) < 4.78 is 7.56. The fraction of sp³-hybridized carbons (Fsp3) is 0.385. The highest BCUT2D eigenvalue weighted by atomic mass is 127. The van der Waals surface area contributed by atoms with E-state index in [4.69, 9.17) is 4.52 Å². The zero-order valence-corrected chi connectivity index (χ0v) is 13.9. The van der Waals surface area contributed by atoms with Gasteiger partial charge in [0.15, 0.2) is 5.82 Å². The SMILES string of the molecule is Brc1ccc(I)cc1-c1nc(C2CCNCC2)no1. The lowest BCUT2D eigenvalue weighted by Gasteiger charge is -2.18. The van der Waals surface area contributed by atoms with Crippen LogP contribution < -0.4 is 5.32 Å². The first-order valence-corrected chi connectivity index (χ1v) is 8.11. The molecule has 1 aromatic carbocycles. The summed E-state index contributed by atoms with van der Waals surface area (Å²) in [6.45, 7) is 2.06. The van der Waals surface area contributed by atoms with Crippen LogP contribution in [0.15, 0.2) is 27.2 Å². The van der Waals surface area contributed by atoms with E-state index in [0.717, 1.165) is 45.4 Å². The first-order chi connectivity index (χ1) is 9.24. The molecule has 0 amide bonds. The molecule has 6 heteroatoms. The van der Waals surface area contributed by atoms with Gasteiger partial charge in [0.25, 0.3) is 5.89 Å². The summed E-state index contributed by atoms with van der Waals surface area (Å²) in [5.41, 5.74) is 0.958. The first-order valence-electron chi connectivity index (χ1n) is 6.24. The van der Waals surface area contributed by atoms with Crippen molar-refractivity contribution in [2.24, 2.45) is 0 Å². The van der Waals surface area contributed by atoms with Crippen LogP contribution in [0.2, 0.25) is 0 Å². The third kappa shape index (κ3) is 3.00. The Hall–Kier alpha value is -0.470. The summed E-state index contributed by atoms with van der Waals surface area (Å²) in [5.74, 6) is 1.85. The van der Waals surface area contributed by atoms with E-state index in [1.54, 1.807) is 0 Å². The van der Waals surface area contributed by atoms with Crippen LogP contribution in [0.5, 0.6) is 0 Å². The number of halogens is 2. The monoisotopic (exact) mass is 433 g/mol. The van der Waals surface area contributed by atoms with Gasteiger partial charge in [-0.1, -0.05) is 5.16 Å². The molecule has 2 aromatic rings. The van der Waals surface area contributed by atoms with E-state index in [0.29, 0.717) is 11.8 Å². The first kappa shape index (κ1) is 13.5. The Labute approximate surface area is 133 Å². The molecule has 0 unspecified atom stereocenters. The van der Waals surface area contributed by atoms with Crippen molar-refractivity contribution in [3.8, 4) is 11.5 Å². The second-order valence-electron chi connectivity index (χ2n) is 4.61. The van der Waals surface area contributed by atoms with E-state index in [1.165, 1.54) is 0 Å². The second kappa shape index (κ2) is 5.88. The predicted octanol–water partition coefficient (Wildman–Crippen LogP) is 3.57. The Morgan fingerprint density at radius 2 is 2.11 bits per heavy atom. The summed E-state index contributed by atoms with van der Waals surface area (Å²) in [5, 5.41) is 7.49. The number of rotatable bonds is 2. The van der Waals surface area contributed by atoms with Crippen molar-refractivity contribution in [2.75, 3.05) is 13.1 Å². The average molecular weight is 434 g/mol. The van der Waals surface area contributed by atoms with Crippen molar-refractivity contribution in [1.29, 1.82) is 0 Å². The minimum Gasteiger partial charge on any atom is -0.334 e. The van der Waals surface area contributed by atoms with Gasteiger partial charge in [-0.25, -0.2) is 0 Å². The summed E-state index contributed by atoms with van der Waals surface area (Å²) >= 11 is 5.81. The van der Waals surface area contributed by atoms with Gasteiger partial charge >= 0.3 is 0 Å². The number of hydrogen-bond acceptors (Lipinski definition) is 4. The van der Waals surface area contributed by atoms with Crippen LogP contribution >= 0.6 is 38.5 Å². The maximum atomic E-state index is 5.42. The molecule has 1 aliphatic rings. The van der Waals surface area contributed by atoms with Crippen molar-refractivity contribution >= 4 is 38.5 Å². The van der Waals surface area contributed by atoms with Gasteiger partial charge in [-0.2, -0.15) is 4.98 Å². The quantitative estimate of drug-likeness (QED) is 0.735. The lowest BCUT2D eigenvalue weighted by atomic mass is 9.98. The number of aromatic nitrogens is 2. The molecule has 0 atom stereocenters. The van der Waals surface area contributed by atoms with Crippen molar-refractivity contribution in [3.05, 3.63) is 32.1 Å². The molecule has 4 nitrogen and oxygen atoms in total. The van der Waals surface area contributed by atoms with Crippen molar-refractivity contribution < 1.29 is 4.52 Å². The summed E-state index contributed by atoms with van der Waals surface area (Å²) in [4.78, 5) is 4.57. The molecule has 0 saturated carbocycles. The number of hydrogen-bond donors (Lipinski definition) is 1. The number of nitrogens with one attached hydrogen (secondary N) is 1. The Balaban J connectivity index is 1.89. The van der Waals surface area contributed by atoms with Gasteiger partial charge in [-0.3, -0.25) is 0 Å². The van der Waals surface area contributed by atoms with E-state index >= 15 is 0 Å². The normalized spacial score (nSPS) is 16.7. The van der Waals surface area contributed by atoms with E-state index < -0.39 is 0 Å². The van der Waals surface area contributed by atoms with Crippen LogP contribution in [0.1, 0.15) is 24.6 Å². The molecule has 100 valence electrons. The maximum absolute atomic E-state index is 5.42. The zero-order chi connectivity index (χ0) is 13.2. The second-order valence-corrected chi connectivity index (χ2v) is 6.71. The smallest absolute Gasteiger partial charge is 0.259 e. The Kier molecular flexibility index (Phi) is 4.18. The third-order valence-electron chi connectivity index (χ3n) is 3.30. The highest BCUT2D eigenvalue weighted by Crippen LogP contribution is 2.30. The van der Waals surface area contributed by atoms with Crippen LogP contribution in [0.3, 0.4) is 0 Å². The molecular formula is C13H13BrIN3O. The molecule has 19 heavy (non-hydrogen) atoms. The summed E-state index contributed by atoms with van der Waals surface area (Å²) in [6.07, 6.45) is 2.15. The number of benzene rings is 1. The van der Waals surface area contributed by atoms with Crippen molar-refractivity contribution in [2.45, 2.75) is 18.8 Å². The topological polar surface area (TPSA) is 51.0 Å². The highest BCUT2D eigenvalue weighted by molar-refractivity contribution is 14.1. The lowest BCUT2D eigenvalue weighted by Crippen LogP contribution is -2.27. The molecule has 0 spiro atoms. The minimum atomic E-state index is 0.417.